The van der Waals surface area contributed by atoms with Crippen LogP contribution in [0.25, 0.3) is 11.0 Å². The van der Waals surface area contributed by atoms with E-state index in [1.54, 1.807) is 24.3 Å². The van der Waals surface area contributed by atoms with Gasteiger partial charge in [-0.1, -0.05) is 12.1 Å². The van der Waals surface area contributed by atoms with Crippen LogP contribution < -0.4 is 10.4 Å². The normalized spacial score (nSPS) is 10.7. The van der Waals surface area contributed by atoms with Crippen molar-refractivity contribution >= 4 is 22.7 Å². The van der Waals surface area contributed by atoms with E-state index in [0.717, 1.165) is 22.1 Å². The lowest BCUT2D eigenvalue weighted by molar-refractivity contribution is -0.144. The number of hydrogen-bond acceptors (Lipinski definition) is 6. The Labute approximate surface area is 161 Å². The van der Waals surface area contributed by atoms with E-state index in [1.807, 2.05) is 26.8 Å². The fourth-order valence-corrected chi connectivity index (χ4v) is 2.72. The van der Waals surface area contributed by atoms with Crippen molar-refractivity contribution < 1.29 is 23.5 Å². The minimum atomic E-state index is -0.664. The smallest absolute Gasteiger partial charge is 0.344 e. The van der Waals surface area contributed by atoms with Crippen molar-refractivity contribution in [3.05, 3.63) is 75.1 Å². The van der Waals surface area contributed by atoms with Gasteiger partial charge in [0, 0.05) is 23.1 Å². The van der Waals surface area contributed by atoms with Gasteiger partial charge in [-0.25, -0.2) is 9.59 Å². The second kappa shape index (κ2) is 8.08. The molecule has 3 rings (SSSR count). The van der Waals surface area contributed by atoms with Crippen LogP contribution in [0.3, 0.4) is 0 Å². The van der Waals surface area contributed by atoms with Crippen LogP contribution in [0, 0.1) is 20.8 Å². The molecule has 0 aliphatic rings. The topological polar surface area (TPSA) is 82.8 Å². The van der Waals surface area contributed by atoms with Gasteiger partial charge in [-0.15, -0.1) is 0 Å². The summed E-state index contributed by atoms with van der Waals surface area (Å²) in [5, 5.41) is 0.786. The second-order valence-corrected chi connectivity index (χ2v) is 6.58. The number of esters is 1. The first-order valence-electron chi connectivity index (χ1n) is 8.77. The van der Waals surface area contributed by atoms with Gasteiger partial charge in [-0.3, -0.25) is 4.79 Å². The summed E-state index contributed by atoms with van der Waals surface area (Å²) in [6.07, 6.45) is 0. The van der Waals surface area contributed by atoms with Crippen molar-refractivity contribution in [2.75, 3.05) is 13.2 Å². The molecule has 0 radical (unpaired) electrons. The lowest BCUT2D eigenvalue weighted by Gasteiger charge is -2.08. The van der Waals surface area contributed by atoms with Crippen molar-refractivity contribution in [1.29, 1.82) is 0 Å². The number of Topliss-reactive ketones (excluding diaryl/α,β-unsaturated/α-hetero) is 1. The number of rotatable bonds is 6. The van der Waals surface area contributed by atoms with Crippen molar-refractivity contribution in [2.45, 2.75) is 20.8 Å². The Kier molecular flexibility index (Phi) is 5.59. The van der Waals surface area contributed by atoms with Crippen LogP contribution in [-0.2, 0) is 9.53 Å². The molecule has 0 unspecified atom stereocenters. The maximum atomic E-state index is 12.1. The molecule has 1 aromatic heterocycles. The summed E-state index contributed by atoms with van der Waals surface area (Å²) >= 11 is 0. The first-order valence-corrected chi connectivity index (χ1v) is 8.77. The van der Waals surface area contributed by atoms with Crippen LogP contribution in [0.2, 0.25) is 0 Å². The number of ketones is 1. The zero-order valence-electron chi connectivity index (χ0n) is 15.9. The molecule has 0 fully saturated rings. The molecular formula is C22H20O6. The molecule has 0 saturated heterocycles. The van der Waals surface area contributed by atoms with E-state index < -0.39 is 11.6 Å². The van der Waals surface area contributed by atoms with Gasteiger partial charge in [0.05, 0.1) is 0 Å². The molecule has 2 aromatic carbocycles. The van der Waals surface area contributed by atoms with E-state index in [2.05, 4.69) is 0 Å². The van der Waals surface area contributed by atoms with E-state index >= 15 is 0 Å². The molecule has 0 spiro atoms. The standard InChI is InChI=1S/C22H20O6/c1-13-4-5-16(8-14(13)2)19(23)11-27-22(25)12-26-17-6-7-18-15(3)9-21(24)28-20(18)10-17/h4-10H,11-12H2,1-3H3. The molecule has 0 atom stereocenters. The number of carbonyl (C=O) groups excluding carboxylic acids is 2. The minimum Gasteiger partial charge on any atom is -0.482 e. The fourth-order valence-electron chi connectivity index (χ4n) is 2.72. The quantitative estimate of drug-likeness (QED) is 0.370. The van der Waals surface area contributed by atoms with E-state index in [-0.39, 0.29) is 19.0 Å². The monoisotopic (exact) mass is 380 g/mol. The minimum absolute atomic E-state index is 0.278. The van der Waals surface area contributed by atoms with Crippen LogP contribution in [0.4, 0.5) is 0 Å². The number of fused-ring (bicyclic) bond motifs is 1. The summed E-state index contributed by atoms with van der Waals surface area (Å²) < 4.78 is 15.5. The Morgan fingerprint density at radius 2 is 1.68 bits per heavy atom. The van der Waals surface area contributed by atoms with E-state index in [4.69, 9.17) is 13.9 Å². The summed E-state index contributed by atoms with van der Waals surface area (Å²) in [4.78, 5) is 35.5. The number of carbonyl (C=O) groups is 2. The van der Waals surface area contributed by atoms with Gasteiger partial charge < -0.3 is 13.9 Å². The van der Waals surface area contributed by atoms with Crippen molar-refractivity contribution in [3.63, 3.8) is 0 Å². The van der Waals surface area contributed by atoms with Gasteiger partial charge in [0.15, 0.2) is 19.0 Å². The number of benzene rings is 2. The molecule has 0 aliphatic heterocycles. The highest BCUT2D eigenvalue weighted by Gasteiger charge is 2.12. The third-order valence-electron chi connectivity index (χ3n) is 4.47. The van der Waals surface area contributed by atoms with E-state index in [0.29, 0.717) is 16.9 Å². The van der Waals surface area contributed by atoms with Crippen LogP contribution in [0.5, 0.6) is 5.75 Å². The summed E-state index contributed by atoms with van der Waals surface area (Å²) in [6, 6.07) is 11.7. The van der Waals surface area contributed by atoms with Gasteiger partial charge in [0.1, 0.15) is 11.3 Å². The van der Waals surface area contributed by atoms with Crippen LogP contribution >= 0.6 is 0 Å². The first kappa shape index (κ1) is 19.4. The van der Waals surface area contributed by atoms with Gasteiger partial charge in [0.25, 0.3) is 0 Å². The van der Waals surface area contributed by atoms with Gasteiger partial charge in [-0.2, -0.15) is 0 Å². The molecule has 0 aliphatic carbocycles. The number of aryl methyl sites for hydroxylation is 3. The molecule has 0 N–H and O–H groups in total. The zero-order valence-corrected chi connectivity index (χ0v) is 15.9. The maximum absolute atomic E-state index is 12.1. The molecule has 0 bridgehead atoms. The van der Waals surface area contributed by atoms with Crippen molar-refractivity contribution in [3.8, 4) is 5.75 Å². The predicted octanol–water partition coefficient (Wildman–Crippen LogP) is 3.52. The highest BCUT2D eigenvalue weighted by atomic mass is 16.6. The third kappa shape index (κ3) is 4.46. The third-order valence-corrected chi connectivity index (χ3v) is 4.47. The average Bonchev–Trinajstić information content (AvgIpc) is 2.66. The Morgan fingerprint density at radius 3 is 2.43 bits per heavy atom. The molecule has 0 amide bonds. The van der Waals surface area contributed by atoms with E-state index in [1.165, 1.54) is 12.1 Å². The molecule has 6 heteroatoms. The van der Waals surface area contributed by atoms with Gasteiger partial charge >= 0.3 is 11.6 Å². The molecule has 0 saturated carbocycles. The molecule has 1 heterocycles. The molecule has 6 nitrogen and oxygen atoms in total. The summed E-state index contributed by atoms with van der Waals surface area (Å²) in [5.74, 6) is -0.582. The fraction of sp³-hybridized carbons (Fsp3) is 0.227. The number of ether oxygens (including phenoxy) is 2. The second-order valence-electron chi connectivity index (χ2n) is 6.58. The lowest BCUT2D eigenvalue weighted by atomic mass is 10.0. The molecular weight excluding hydrogens is 360 g/mol. The first-order chi connectivity index (χ1) is 13.3. The Morgan fingerprint density at radius 1 is 0.893 bits per heavy atom. The lowest BCUT2D eigenvalue weighted by Crippen LogP contribution is -2.19. The Balaban J connectivity index is 1.56. The average molecular weight is 380 g/mol. The summed E-state index contributed by atoms with van der Waals surface area (Å²) in [6.45, 7) is 4.97. The Hall–Kier alpha value is -3.41. The van der Waals surface area contributed by atoms with Crippen LogP contribution in [0.1, 0.15) is 27.0 Å². The van der Waals surface area contributed by atoms with Gasteiger partial charge in [0.2, 0.25) is 0 Å². The highest BCUT2D eigenvalue weighted by Crippen LogP contribution is 2.22. The van der Waals surface area contributed by atoms with Crippen molar-refractivity contribution in [1.82, 2.24) is 0 Å². The summed E-state index contributed by atoms with van der Waals surface area (Å²) in [7, 11) is 0. The van der Waals surface area contributed by atoms with Crippen molar-refractivity contribution in [2.24, 2.45) is 0 Å². The molecule has 144 valence electrons. The SMILES string of the molecule is Cc1ccc(C(=O)COC(=O)COc2ccc3c(C)cc(=O)oc3c2)cc1C. The molecule has 28 heavy (non-hydrogen) atoms. The highest BCUT2D eigenvalue weighted by molar-refractivity contribution is 5.98. The largest absolute Gasteiger partial charge is 0.482 e. The maximum Gasteiger partial charge on any atom is 0.344 e. The predicted molar refractivity (Wildman–Crippen MR) is 104 cm³/mol. The van der Waals surface area contributed by atoms with Crippen LogP contribution in [-0.4, -0.2) is 25.0 Å². The van der Waals surface area contributed by atoms with Crippen LogP contribution in [0.15, 0.2) is 51.7 Å². The Bertz CT molecular complexity index is 1110. The summed E-state index contributed by atoms with van der Waals surface area (Å²) in [5.41, 5.74) is 3.30. The van der Waals surface area contributed by atoms with Gasteiger partial charge in [-0.05, 0) is 55.7 Å². The van der Waals surface area contributed by atoms with E-state index in [9.17, 15) is 14.4 Å². The molecule has 3 aromatic rings. The number of hydrogen-bond donors (Lipinski definition) is 0. The zero-order chi connectivity index (χ0) is 20.3.